The summed E-state index contributed by atoms with van der Waals surface area (Å²) in [6, 6.07) is 1.35. The quantitative estimate of drug-likeness (QED) is 0.820. The Bertz CT molecular complexity index is 645. The molecule has 102 valence electrons. The number of ether oxygens (including phenoxy) is 1. The van der Waals surface area contributed by atoms with Gasteiger partial charge in [-0.15, -0.1) is 0 Å². The zero-order valence-electron chi connectivity index (χ0n) is 11.2. The molecule has 1 aliphatic heterocycles. The second kappa shape index (κ2) is 3.93. The third-order valence-corrected chi connectivity index (χ3v) is 4.75. The highest BCUT2D eigenvalue weighted by Gasteiger charge is 2.59. The lowest BCUT2D eigenvalue weighted by molar-refractivity contribution is -0.100. The Hall–Kier alpha value is -1.62. The first-order valence-electron chi connectivity index (χ1n) is 6.65. The number of aromatic amines is 1. The van der Waals surface area contributed by atoms with Crippen molar-refractivity contribution in [2.24, 2.45) is 11.8 Å². The van der Waals surface area contributed by atoms with Crippen LogP contribution in [0.25, 0.3) is 0 Å². The number of rotatable bonds is 2. The highest BCUT2D eigenvalue weighted by atomic mass is 16.5. The smallest absolute Gasteiger partial charge is 0.330 e. The van der Waals surface area contributed by atoms with E-state index in [1.807, 2.05) is 0 Å². The van der Waals surface area contributed by atoms with Crippen LogP contribution in [0.4, 0.5) is 0 Å². The van der Waals surface area contributed by atoms with E-state index in [-0.39, 0.29) is 23.3 Å². The minimum Gasteiger partial charge on any atom is -0.350 e. The molecule has 5 nitrogen and oxygen atoms in total. The van der Waals surface area contributed by atoms with Gasteiger partial charge in [-0.1, -0.05) is 26.0 Å². The van der Waals surface area contributed by atoms with Gasteiger partial charge in [-0.05, 0) is 18.8 Å². The normalized spacial score (nSPS) is 36.9. The molecule has 19 heavy (non-hydrogen) atoms. The van der Waals surface area contributed by atoms with Crippen LogP contribution in [0.1, 0.15) is 32.9 Å². The maximum atomic E-state index is 11.9. The molecule has 3 rings (SSSR count). The van der Waals surface area contributed by atoms with Gasteiger partial charge in [0.05, 0.1) is 5.60 Å². The molecule has 5 heteroatoms. The molecule has 1 aliphatic carbocycles. The molecule has 0 aromatic carbocycles. The molecule has 1 saturated heterocycles. The molecule has 4 atom stereocenters. The maximum Gasteiger partial charge on any atom is 0.330 e. The van der Waals surface area contributed by atoms with Crippen molar-refractivity contribution in [1.29, 1.82) is 0 Å². The molecule has 2 heterocycles. The van der Waals surface area contributed by atoms with Crippen molar-refractivity contribution in [3.05, 3.63) is 45.3 Å². The number of nitrogens with zero attached hydrogens (tertiary/aromatic N) is 1. The van der Waals surface area contributed by atoms with E-state index in [0.717, 1.165) is 18.4 Å². The van der Waals surface area contributed by atoms with E-state index in [9.17, 15) is 9.59 Å². The average molecular weight is 262 g/mol. The van der Waals surface area contributed by atoms with Crippen molar-refractivity contribution >= 4 is 0 Å². The second-order valence-corrected chi connectivity index (χ2v) is 5.59. The summed E-state index contributed by atoms with van der Waals surface area (Å²) in [6.07, 6.45) is 2.93. The fraction of sp³-hybridized carbons (Fsp3) is 0.571. The number of H-pyrrole nitrogens is 1. The van der Waals surface area contributed by atoms with Crippen LogP contribution in [0.5, 0.6) is 0 Å². The molecule has 0 radical (unpaired) electrons. The zero-order chi connectivity index (χ0) is 13.8. The third-order valence-electron chi connectivity index (χ3n) is 4.75. The summed E-state index contributed by atoms with van der Waals surface area (Å²) in [4.78, 5) is 25.3. The molecule has 2 aliphatic rings. The van der Waals surface area contributed by atoms with Crippen LogP contribution in [-0.2, 0) is 4.74 Å². The predicted molar refractivity (Wildman–Crippen MR) is 70.9 cm³/mol. The average Bonchev–Trinajstić information content (AvgIpc) is 2.76. The Morgan fingerprint density at radius 3 is 2.89 bits per heavy atom. The number of hydrogen-bond donors (Lipinski definition) is 1. The third kappa shape index (κ3) is 1.57. The molecule has 0 amide bonds. The minimum atomic E-state index is -0.420. The van der Waals surface area contributed by atoms with Gasteiger partial charge in [0.2, 0.25) is 0 Å². The van der Waals surface area contributed by atoms with E-state index in [1.165, 1.54) is 16.8 Å². The van der Waals surface area contributed by atoms with Crippen molar-refractivity contribution in [2.45, 2.75) is 38.5 Å². The highest BCUT2D eigenvalue weighted by Crippen LogP contribution is 2.59. The first-order valence-corrected chi connectivity index (χ1v) is 6.65. The van der Waals surface area contributed by atoms with E-state index in [1.54, 1.807) is 0 Å². The zero-order valence-corrected chi connectivity index (χ0v) is 11.2. The van der Waals surface area contributed by atoms with Gasteiger partial charge in [-0.25, -0.2) is 4.79 Å². The molecule has 1 aromatic heterocycles. The molecular formula is C14H18N2O3. The van der Waals surface area contributed by atoms with Crippen LogP contribution in [-0.4, -0.2) is 15.2 Å². The fourth-order valence-electron chi connectivity index (χ4n) is 3.64. The summed E-state index contributed by atoms with van der Waals surface area (Å²) < 4.78 is 7.64. The molecule has 0 unspecified atom stereocenters. The Kier molecular flexibility index (Phi) is 2.57. The Balaban J connectivity index is 2.07. The molecule has 2 fully saturated rings. The van der Waals surface area contributed by atoms with Crippen LogP contribution >= 0.6 is 0 Å². The van der Waals surface area contributed by atoms with Crippen molar-refractivity contribution in [2.75, 3.05) is 0 Å². The number of nitrogens with one attached hydrogen (secondary N) is 1. The topological polar surface area (TPSA) is 64.1 Å². The molecule has 1 saturated carbocycles. The van der Waals surface area contributed by atoms with Crippen LogP contribution < -0.4 is 11.2 Å². The Labute approximate surface area is 110 Å². The summed E-state index contributed by atoms with van der Waals surface area (Å²) >= 11 is 0. The van der Waals surface area contributed by atoms with Gasteiger partial charge < -0.3 is 4.74 Å². The maximum absolute atomic E-state index is 11.9. The van der Waals surface area contributed by atoms with Gasteiger partial charge in [0.25, 0.3) is 5.56 Å². The summed E-state index contributed by atoms with van der Waals surface area (Å²) in [7, 11) is 0. The molecule has 1 N–H and O–H groups in total. The first kappa shape index (κ1) is 12.4. The molecule has 2 bridgehead atoms. The van der Waals surface area contributed by atoms with Crippen molar-refractivity contribution < 1.29 is 4.74 Å². The lowest BCUT2D eigenvalue weighted by Crippen LogP contribution is -2.37. The van der Waals surface area contributed by atoms with E-state index < -0.39 is 5.69 Å². The van der Waals surface area contributed by atoms with Gasteiger partial charge in [0.15, 0.2) is 0 Å². The first-order chi connectivity index (χ1) is 8.98. The standard InChI is InChI=1S/C14H18N2O3/c1-4-14-7-8(2)11(9(14)3)12(19-14)16-6-5-10(17)15-13(16)18/h5-6,9,11-12H,2,4,7H2,1,3H3,(H,15,17,18)/t9-,11+,12+,14-/m0/s1. The Morgan fingerprint density at radius 2 is 2.32 bits per heavy atom. The van der Waals surface area contributed by atoms with Crippen molar-refractivity contribution in [3.63, 3.8) is 0 Å². The number of fused-ring (bicyclic) bond motifs is 2. The number of aromatic nitrogens is 2. The lowest BCUT2D eigenvalue weighted by atomic mass is 9.88. The minimum absolute atomic E-state index is 0.142. The Morgan fingerprint density at radius 1 is 1.58 bits per heavy atom. The summed E-state index contributed by atoms with van der Waals surface area (Å²) in [6.45, 7) is 8.39. The van der Waals surface area contributed by atoms with Gasteiger partial charge in [0, 0.05) is 18.2 Å². The monoisotopic (exact) mass is 262 g/mol. The largest absolute Gasteiger partial charge is 0.350 e. The van der Waals surface area contributed by atoms with Crippen molar-refractivity contribution in [3.8, 4) is 0 Å². The summed E-state index contributed by atoms with van der Waals surface area (Å²) in [5.41, 5.74) is 0.128. The van der Waals surface area contributed by atoms with Gasteiger partial charge in [0.1, 0.15) is 6.23 Å². The highest BCUT2D eigenvalue weighted by molar-refractivity contribution is 5.23. The van der Waals surface area contributed by atoms with E-state index in [2.05, 4.69) is 25.4 Å². The van der Waals surface area contributed by atoms with E-state index in [4.69, 9.17) is 4.74 Å². The second-order valence-electron chi connectivity index (χ2n) is 5.59. The summed E-state index contributed by atoms with van der Waals surface area (Å²) in [5.74, 6) is 0.484. The molecular weight excluding hydrogens is 244 g/mol. The van der Waals surface area contributed by atoms with Crippen molar-refractivity contribution in [1.82, 2.24) is 9.55 Å². The predicted octanol–water partition coefficient (Wildman–Crippen LogP) is 1.43. The van der Waals surface area contributed by atoms with E-state index in [0.29, 0.717) is 5.92 Å². The van der Waals surface area contributed by atoms with Crippen LogP contribution in [0, 0.1) is 11.8 Å². The van der Waals surface area contributed by atoms with E-state index >= 15 is 0 Å². The van der Waals surface area contributed by atoms with Crippen LogP contribution in [0.15, 0.2) is 34.0 Å². The van der Waals surface area contributed by atoms with Gasteiger partial charge >= 0.3 is 5.69 Å². The van der Waals surface area contributed by atoms with Gasteiger partial charge in [-0.3, -0.25) is 14.3 Å². The molecule has 1 aromatic rings. The van der Waals surface area contributed by atoms with Crippen LogP contribution in [0.3, 0.4) is 0 Å². The lowest BCUT2D eigenvalue weighted by Gasteiger charge is -2.32. The van der Waals surface area contributed by atoms with Gasteiger partial charge in [-0.2, -0.15) is 0 Å². The SMILES string of the molecule is C=C1C[C@]2(CC)O[C@@H](n3ccc(=O)[nH]c3=O)[C@H]1[C@@H]2C. The number of hydrogen-bond acceptors (Lipinski definition) is 3. The fourth-order valence-corrected chi connectivity index (χ4v) is 3.64. The van der Waals surface area contributed by atoms with Crippen LogP contribution in [0.2, 0.25) is 0 Å². The summed E-state index contributed by atoms with van der Waals surface area (Å²) in [5, 5.41) is 0. The molecule has 0 spiro atoms.